The highest BCUT2D eigenvalue weighted by Crippen LogP contribution is 2.20. The van der Waals surface area contributed by atoms with E-state index in [4.69, 9.17) is 4.74 Å². The van der Waals surface area contributed by atoms with Crippen molar-refractivity contribution >= 4 is 23.3 Å². The Morgan fingerprint density at radius 1 is 1.50 bits per heavy atom. The molecule has 1 atom stereocenters. The number of likely N-dealkylation sites (tertiary alicyclic amines) is 1. The van der Waals surface area contributed by atoms with Gasteiger partial charge in [-0.1, -0.05) is 0 Å². The van der Waals surface area contributed by atoms with E-state index in [0.717, 1.165) is 12.1 Å². The summed E-state index contributed by atoms with van der Waals surface area (Å²) in [6.45, 7) is 6.57. The Bertz CT molecular complexity index is 511. The van der Waals surface area contributed by atoms with Gasteiger partial charge < -0.3 is 10.1 Å². The Hall–Kier alpha value is -1.63. The number of hydrogen-bond donors (Lipinski definition) is 1. The van der Waals surface area contributed by atoms with Crippen molar-refractivity contribution in [3.8, 4) is 0 Å². The van der Waals surface area contributed by atoms with Crippen molar-refractivity contribution < 1.29 is 14.3 Å². The molecule has 1 fully saturated rings. The standard InChI is InChI=1S/C15H23N3O3S/c1-15(2,3)21-14(20)18-8-4-5-12(18)13(19)16-7-6-11-9-22-10-17-11/h9-10,12H,4-8H2,1-3H3,(H,16,19). The summed E-state index contributed by atoms with van der Waals surface area (Å²) in [7, 11) is 0. The van der Waals surface area contributed by atoms with Crippen molar-refractivity contribution in [1.29, 1.82) is 0 Å². The molecule has 1 N–H and O–H groups in total. The fraction of sp³-hybridized carbons (Fsp3) is 0.667. The minimum Gasteiger partial charge on any atom is -0.444 e. The number of rotatable bonds is 4. The van der Waals surface area contributed by atoms with Crippen LogP contribution in [0, 0.1) is 0 Å². The Balaban J connectivity index is 1.84. The van der Waals surface area contributed by atoms with E-state index in [2.05, 4.69) is 10.3 Å². The van der Waals surface area contributed by atoms with Crippen LogP contribution in [0.25, 0.3) is 0 Å². The summed E-state index contributed by atoms with van der Waals surface area (Å²) in [5.74, 6) is -0.112. The fourth-order valence-corrected chi connectivity index (χ4v) is 2.96. The number of nitrogens with one attached hydrogen (secondary N) is 1. The summed E-state index contributed by atoms with van der Waals surface area (Å²) >= 11 is 1.54. The lowest BCUT2D eigenvalue weighted by molar-refractivity contribution is -0.125. The summed E-state index contributed by atoms with van der Waals surface area (Å²) in [6, 6.07) is -0.426. The average Bonchev–Trinajstić information content (AvgIpc) is 3.07. The number of aromatic nitrogens is 1. The van der Waals surface area contributed by atoms with Crippen LogP contribution in [0.5, 0.6) is 0 Å². The zero-order valence-corrected chi connectivity index (χ0v) is 14.1. The normalized spacial score (nSPS) is 18.3. The smallest absolute Gasteiger partial charge is 0.410 e. The van der Waals surface area contributed by atoms with E-state index in [1.807, 2.05) is 26.2 Å². The number of amides is 2. The van der Waals surface area contributed by atoms with Crippen LogP contribution in [0.2, 0.25) is 0 Å². The molecule has 1 aromatic rings. The SMILES string of the molecule is CC(C)(C)OC(=O)N1CCCC1C(=O)NCCc1cscn1. The molecular formula is C15H23N3O3S. The van der Waals surface area contributed by atoms with Gasteiger partial charge in [0.25, 0.3) is 0 Å². The van der Waals surface area contributed by atoms with E-state index < -0.39 is 17.7 Å². The third kappa shape index (κ3) is 4.69. The van der Waals surface area contributed by atoms with Gasteiger partial charge in [-0.25, -0.2) is 9.78 Å². The van der Waals surface area contributed by atoms with Crippen LogP contribution in [0.4, 0.5) is 4.79 Å². The molecule has 1 aromatic heterocycles. The second-order valence-electron chi connectivity index (χ2n) is 6.35. The molecule has 0 aliphatic carbocycles. The predicted molar refractivity (Wildman–Crippen MR) is 84.8 cm³/mol. The molecule has 122 valence electrons. The van der Waals surface area contributed by atoms with Gasteiger partial charge in [0.2, 0.25) is 5.91 Å². The van der Waals surface area contributed by atoms with Crippen molar-refractivity contribution in [3.63, 3.8) is 0 Å². The molecule has 1 aliphatic rings. The van der Waals surface area contributed by atoms with E-state index in [0.29, 0.717) is 25.9 Å². The number of carbonyl (C=O) groups excluding carboxylic acids is 2. The number of carbonyl (C=O) groups is 2. The van der Waals surface area contributed by atoms with Gasteiger partial charge in [0.15, 0.2) is 0 Å². The monoisotopic (exact) mass is 325 g/mol. The molecule has 7 heteroatoms. The molecule has 1 aliphatic heterocycles. The minimum atomic E-state index is -0.550. The summed E-state index contributed by atoms with van der Waals surface area (Å²) in [4.78, 5) is 30.1. The molecule has 0 aromatic carbocycles. The Kier molecular flexibility index (Phi) is 5.39. The van der Waals surface area contributed by atoms with E-state index in [1.54, 1.807) is 16.8 Å². The highest BCUT2D eigenvalue weighted by atomic mass is 32.1. The van der Waals surface area contributed by atoms with E-state index in [1.165, 1.54) is 4.90 Å². The highest BCUT2D eigenvalue weighted by Gasteiger charge is 2.36. The summed E-state index contributed by atoms with van der Waals surface area (Å²) in [5.41, 5.74) is 2.20. The first-order chi connectivity index (χ1) is 10.4. The molecule has 0 radical (unpaired) electrons. The van der Waals surface area contributed by atoms with Crippen molar-refractivity contribution in [2.24, 2.45) is 0 Å². The van der Waals surface area contributed by atoms with Crippen molar-refractivity contribution in [1.82, 2.24) is 15.2 Å². The largest absolute Gasteiger partial charge is 0.444 e. The van der Waals surface area contributed by atoms with Crippen molar-refractivity contribution in [2.45, 2.75) is 51.7 Å². The maximum Gasteiger partial charge on any atom is 0.410 e. The number of thiazole rings is 1. The number of nitrogens with zero attached hydrogens (tertiary/aromatic N) is 2. The zero-order valence-electron chi connectivity index (χ0n) is 13.3. The Morgan fingerprint density at radius 3 is 2.91 bits per heavy atom. The molecule has 0 bridgehead atoms. The summed E-state index contributed by atoms with van der Waals surface area (Å²) in [6.07, 6.45) is 1.80. The van der Waals surface area contributed by atoms with Gasteiger partial charge >= 0.3 is 6.09 Å². The van der Waals surface area contributed by atoms with E-state index >= 15 is 0 Å². The van der Waals surface area contributed by atoms with Gasteiger partial charge in [0.05, 0.1) is 11.2 Å². The van der Waals surface area contributed by atoms with Crippen LogP contribution in [-0.4, -0.2) is 46.6 Å². The van der Waals surface area contributed by atoms with Crippen molar-refractivity contribution in [2.75, 3.05) is 13.1 Å². The number of hydrogen-bond acceptors (Lipinski definition) is 5. The number of ether oxygens (including phenoxy) is 1. The minimum absolute atomic E-state index is 0.112. The molecule has 1 unspecified atom stereocenters. The quantitative estimate of drug-likeness (QED) is 0.921. The average molecular weight is 325 g/mol. The van der Waals surface area contributed by atoms with Gasteiger partial charge in [-0.2, -0.15) is 0 Å². The lowest BCUT2D eigenvalue weighted by Gasteiger charge is -2.28. The third-order valence-electron chi connectivity index (χ3n) is 3.35. The lowest BCUT2D eigenvalue weighted by atomic mass is 10.2. The maximum absolute atomic E-state index is 12.3. The van der Waals surface area contributed by atoms with Crippen LogP contribution < -0.4 is 5.32 Å². The molecule has 0 saturated carbocycles. The van der Waals surface area contributed by atoms with E-state index in [9.17, 15) is 9.59 Å². The molecule has 2 amide bonds. The van der Waals surface area contributed by atoms with Gasteiger partial charge in [-0.3, -0.25) is 9.69 Å². The van der Waals surface area contributed by atoms with Gasteiger partial charge in [-0.05, 0) is 33.6 Å². The predicted octanol–water partition coefficient (Wildman–Crippen LogP) is 2.20. The lowest BCUT2D eigenvalue weighted by Crippen LogP contribution is -2.47. The van der Waals surface area contributed by atoms with Gasteiger partial charge in [-0.15, -0.1) is 11.3 Å². The van der Waals surface area contributed by atoms with Crippen LogP contribution in [0.1, 0.15) is 39.3 Å². The van der Waals surface area contributed by atoms with Crippen LogP contribution in [0.3, 0.4) is 0 Å². The first-order valence-electron chi connectivity index (χ1n) is 7.51. The Morgan fingerprint density at radius 2 is 2.27 bits per heavy atom. The molecule has 2 rings (SSSR count). The van der Waals surface area contributed by atoms with Crippen LogP contribution in [-0.2, 0) is 16.0 Å². The summed E-state index contributed by atoms with van der Waals surface area (Å²) in [5, 5.41) is 4.85. The first-order valence-corrected chi connectivity index (χ1v) is 8.45. The highest BCUT2D eigenvalue weighted by molar-refractivity contribution is 7.07. The summed E-state index contributed by atoms with van der Waals surface area (Å²) < 4.78 is 5.36. The zero-order chi connectivity index (χ0) is 16.2. The van der Waals surface area contributed by atoms with Crippen molar-refractivity contribution in [3.05, 3.63) is 16.6 Å². The first kappa shape index (κ1) is 16.7. The Labute approximate surface area is 134 Å². The maximum atomic E-state index is 12.3. The molecule has 0 spiro atoms. The van der Waals surface area contributed by atoms with Gasteiger partial charge in [0.1, 0.15) is 11.6 Å². The van der Waals surface area contributed by atoms with E-state index in [-0.39, 0.29) is 5.91 Å². The molecular weight excluding hydrogens is 302 g/mol. The van der Waals surface area contributed by atoms with Crippen LogP contribution >= 0.6 is 11.3 Å². The third-order valence-corrected chi connectivity index (χ3v) is 3.98. The topological polar surface area (TPSA) is 71.5 Å². The molecule has 2 heterocycles. The fourth-order valence-electron chi connectivity index (χ4n) is 2.37. The second kappa shape index (κ2) is 7.09. The molecule has 1 saturated heterocycles. The molecule has 22 heavy (non-hydrogen) atoms. The molecule has 6 nitrogen and oxygen atoms in total. The van der Waals surface area contributed by atoms with Gasteiger partial charge in [0, 0.05) is 24.9 Å². The second-order valence-corrected chi connectivity index (χ2v) is 7.07. The van der Waals surface area contributed by atoms with Crippen LogP contribution in [0.15, 0.2) is 10.9 Å².